The molecule has 28 heavy (non-hydrogen) atoms. The van der Waals surface area contributed by atoms with Crippen LogP contribution in [-0.2, 0) is 0 Å². The molecule has 0 atom stereocenters. The van der Waals surface area contributed by atoms with E-state index in [9.17, 15) is 10.1 Å². The Labute approximate surface area is 166 Å². The van der Waals surface area contributed by atoms with E-state index in [1.807, 2.05) is 23.6 Å². The van der Waals surface area contributed by atoms with Crippen molar-refractivity contribution in [1.82, 2.24) is 9.97 Å². The van der Waals surface area contributed by atoms with Gasteiger partial charge in [-0.3, -0.25) is 10.1 Å². The standard InChI is InChI=1S/C20H28N6O2/c1-5-23(6-2)19-18(26(27)28)20(22-14-21-19)25-12-10-24(11-13-25)17-9-7-8-15(3)16(17)4/h7-9,14H,5-6,10-13H2,1-4H3. The number of aromatic nitrogens is 2. The van der Waals surface area contributed by atoms with Crippen molar-refractivity contribution in [2.24, 2.45) is 0 Å². The third kappa shape index (κ3) is 3.72. The maximum Gasteiger partial charge on any atom is 0.353 e. The van der Waals surface area contributed by atoms with Crippen LogP contribution in [-0.4, -0.2) is 54.2 Å². The molecule has 8 heteroatoms. The summed E-state index contributed by atoms with van der Waals surface area (Å²) in [6, 6.07) is 6.34. The van der Waals surface area contributed by atoms with E-state index in [0.717, 1.165) is 13.1 Å². The number of hydrogen-bond acceptors (Lipinski definition) is 7. The molecule has 1 fully saturated rings. The molecule has 1 aromatic heterocycles. The molecule has 0 N–H and O–H groups in total. The summed E-state index contributed by atoms with van der Waals surface area (Å²) in [5, 5.41) is 11.9. The third-order valence-corrected chi connectivity index (χ3v) is 5.53. The number of anilines is 3. The van der Waals surface area contributed by atoms with Crippen LogP contribution in [0.15, 0.2) is 24.5 Å². The topological polar surface area (TPSA) is 78.6 Å². The number of nitrogens with zero attached hydrogens (tertiary/aromatic N) is 6. The maximum absolute atomic E-state index is 11.9. The Morgan fingerprint density at radius 2 is 1.71 bits per heavy atom. The first-order valence-electron chi connectivity index (χ1n) is 9.78. The normalized spacial score (nSPS) is 14.3. The first-order chi connectivity index (χ1) is 13.5. The van der Waals surface area contributed by atoms with Gasteiger partial charge in [-0.1, -0.05) is 12.1 Å². The molecule has 1 aliphatic rings. The van der Waals surface area contributed by atoms with Crippen molar-refractivity contribution < 1.29 is 4.92 Å². The van der Waals surface area contributed by atoms with Crippen LogP contribution < -0.4 is 14.7 Å². The fraction of sp³-hybridized carbons (Fsp3) is 0.500. The second kappa shape index (κ2) is 8.41. The number of aryl methyl sites for hydroxylation is 1. The molecule has 0 bridgehead atoms. The summed E-state index contributed by atoms with van der Waals surface area (Å²) in [5.74, 6) is 0.819. The largest absolute Gasteiger partial charge is 0.368 e. The summed E-state index contributed by atoms with van der Waals surface area (Å²) in [6.45, 7) is 12.5. The van der Waals surface area contributed by atoms with Gasteiger partial charge in [0.1, 0.15) is 6.33 Å². The summed E-state index contributed by atoms with van der Waals surface area (Å²) in [5.41, 5.74) is 3.80. The zero-order valence-corrected chi connectivity index (χ0v) is 17.1. The molecule has 0 spiro atoms. The molecule has 0 aliphatic carbocycles. The Hall–Kier alpha value is -2.90. The van der Waals surface area contributed by atoms with E-state index in [0.29, 0.717) is 37.8 Å². The van der Waals surface area contributed by atoms with Gasteiger partial charge in [-0.15, -0.1) is 0 Å². The summed E-state index contributed by atoms with van der Waals surface area (Å²) in [6.07, 6.45) is 1.44. The molecule has 0 amide bonds. The number of nitro groups is 1. The Morgan fingerprint density at radius 3 is 2.32 bits per heavy atom. The average Bonchev–Trinajstić information content (AvgIpc) is 2.71. The van der Waals surface area contributed by atoms with E-state index in [-0.39, 0.29) is 10.6 Å². The smallest absolute Gasteiger partial charge is 0.353 e. The Bertz CT molecular complexity index is 845. The van der Waals surface area contributed by atoms with Crippen molar-refractivity contribution >= 4 is 23.0 Å². The summed E-state index contributed by atoms with van der Waals surface area (Å²) < 4.78 is 0. The van der Waals surface area contributed by atoms with Crippen molar-refractivity contribution in [2.75, 3.05) is 54.0 Å². The van der Waals surface area contributed by atoms with Crippen molar-refractivity contribution in [1.29, 1.82) is 0 Å². The quantitative estimate of drug-likeness (QED) is 0.559. The van der Waals surface area contributed by atoms with Crippen LogP contribution in [0.3, 0.4) is 0 Å². The molecule has 0 saturated carbocycles. The van der Waals surface area contributed by atoms with Crippen LogP contribution in [0.2, 0.25) is 0 Å². The van der Waals surface area contributed by atoms with Gasteiger partial charge in [0, 0.05) is 45.0 Å². The summed E-state index contributed by atoms with van der Waals surface area (Å²) in [7, 11) is 0. The monoisotopic (exact) mass is 384 g/mol. The van der Waals surface area contributed by atoms with Crippen molar-refractivity contribution in [3.05, 3.63) is 45.8 Å². The fourth-order valence-electron chi connectivity index (χ4n) is 3.75. The van der Waals surface area contributed by atoms with Crippen LogP contribution in [0.1, 0.15) is 25.0 Å². The predicted octanol–water partition coefficient (Wildman–Crippen LogP) is 3.17. The highest BCUT2D eigenvalue weighted by Crippen LogP contribution is 2.35. The number of piperazine rings is 1. The van der Waals surface area contributed by atoms with E-state index in [2.05, 4.69) is 46.9 Å². The lowest BCUT2D eigenvalue weighted by atomic mass is 10.1. The lowest BCUT2D eigenvalue weighted by Gasteiger charge is -2.37. The highest BCUT2D eigenvalue weighted by Gasteiger charge is 2.31. The van der Waals surface area contributed by atoms with Crippen molar-refractivity contribution in [3.8, 4) is 0 Å². The van der Waals surface area contributed by atoms with Gasteiger partial charge in [-0.2, -0.15) is 0 Å². The van der Waals surface area contributed by atoms with Crippen LogP contribution in [0, 0.1) is 24.0 Å². The Kier molecular flexibility index (Phi) is 5.96. The van der Waals surface area contributed by atoms with E-state index in [1.54, 1.807) is 0 Å². The Balaban J connectivity index is 1.85. The van der Waals surface area contributed by atoms with E-state index in [1.165, 1.54) is 23.1 Å². The second-order valence-corrected chi connectivity index (χ2v) is 6.99. The molecule has 2 aromatic rings. The van der Waals surface area contributed by atoms with Gasteiger partial charge in [0.05, 0.1) is 4.92 Å². The molecule has 1 aliphatic heterocycles. The van der Waals surface area contributed by atoms with Crippen LogP contribution in [0.25, 0.3) is 0 Å². The molecule has 1 saturated heterocycles. The lowest BCUT2D eigenvalue weighted by Crippen LogP contribution is -2.47. The van der Waals surface area contributed by atoms with Gasteiger partial charge in [0.2, 0.25) is 11.6 Å². The molecule has 3 rings (SSSR count). The molecule has 8 nitrogen and oxygen atoms in total. The van der Waals surface area contributed by atoms with E-state index >= 15 is 0 Å². The van der Waals surface area contributed by atoms with Gasteiger partial charge in [-0.05, 0) is 44.9 Å². The minimum Gasteiger partial charge on any atom is -0.368 e. The second-order valence-electron chi connectivity index (χ2n) is 6.99. The van der Waals surface area contributed by atoms with Crippen molar-refractivity contribution in [3.63, 3.8) is 0 Å². The Morgan fingerprint density at radius 1 is 1.07 bits per heavy atom. The molecule has 0 unspecified atom stereocenters. The number of hydrogen-bond donors (Lipinski definition) is 0. The van der Waals surface area contributed by atoms with E-state index in [4.69, 9.17) is 0 Å². The average molecular weight is 384 g/mol. The molecule has 150 valence electrons. The number of rotatable bonds is 6. The van der Waals surface area contributed by atoms with Gasteiger partial charge >= 0.3 is 5.69 Å². The van der Waals surface area contributed by atoms with Gasteiger partial charge in [0.25, 0.3) is 0 Å². The molecular weight excluding hydrogens is 356 g/mol. The fourth-order valence-corrected chi connectivity index (χ4v) is 3.75. The summed E-state index contributed by atoms with van der Waals surface area (Å²) >= 11 is 0. The highest BCUT2D eigenvalue weighted by molar-refractivity contribution is 5.71. The first kappa shape index (κ1) is 19.9. The summed E-state index contributed by atoms with van der Waals surface area (Å²) in [4.78, 5) is 26.3. The first-order valence-corrected chi connectivity index (χ1v) is 9.78. The van der Waals surface area contributed by atoms with Crippen LogP contribution >= 0.6 is 0 Å². The van der Waals surface area contributed by atoms with Crippen molar-refractivity contribution in [2.45, 2.75) is 27.7 Å². The van der Waals surface area contributed by atoms with Gasteiger partial charge in [-0.25, -0.2) is 9.97 Å². The third-order valence-electron chi connectivity index (χ3n) is 5.53. The van der Waals surface area contributed by atoms with Crippen LogP contribution in [0.5, 0.6) is 0 Å². The molecular formula is C20H28N6O2. The maximum atomic E-state index is 11.9. The van der Waals surface area contributed by atoms with Gasteiger partial charge in [0.15, 0.2) is 0 Å². The zero-order valence-electron chi connectivity index (χ0n) is 17.1. The number of benzene rings is 1. The lowest BCUT2D eigenvalue weighted by molar-refractivity contribution is -0.383. The SMILES string of the molecule is CCN(CC)c1ncnc(N2CCN(c3cccc(C)c3C)CC2)c1[N+](=O)[O-]. The van der Waals surface area contributed by atoms with Crippen LogP contribution in [0.4, 0.5) is 23.0 Å². The highest BCUT2D eigenvalue weighted by atomic mass is 16.6. The minimum atomic E-state index is -0.347. The predicted molar refractivity (Wildman–Crippen MR) is 113 cm³/mol. The molecule has 0 radical (unpaired) electrons. The van der Waals surface area contributed by atoms with Gasteiger partial charge < -0.3 is 14.7 Å². The minimum absolute atomic E-state index is 0.00591. The zero-order chi connectivity index (χ0) is 20.3. The molecule has 2 heterocycles. The molecule has 1 aromatic carbocycles. The van der Waals surface area contributed by atoms with E-state index < -0.39 is 0 Å².